The summed E-state index contributed by atoms with van der Waals surface area (Å²) in [6.45, 7) is 1.73. The van der Waals surface area contributed by atoms with Crippen LogP contribution in [0.15, 0.2) is 0 Å². The minimum absolute atomic E-state index is 0.345. The Balaban J connectivity index is 0.000000604. The molecule has 0 saturated carbocycles. The molecular weight excluding hydrogens is 392 g/mol. The summed E-state index contributed by atoms with van der Waals surface area (Å²) in [5.41, 5.74) is 0. The summed E-state index contributed by atoms with van der Waals surface area (Å²) < 4.78 is 4.58. The number of hydrogen-bond acceptors (Lipinski definition) is 7. The van der Waals surface area contributed by atoms with Gasteiger partial charge in [-0.3, -0.25) is 4.79 Å². The molecule has 30 heavy (non-hydrogen) atoms. The molecule has 0 bridgehead atoms. The Hall–Kier alpha value is -0.770. The minimum atomic E-state index is -1.57. The largest absolute Gasteiger partial charge is 0.481 e. The molecule has 1 saturated heterocycles. The van der Waals surface area contributed by atoms with E-state index in [2.05, 4.69) is 11.7 Å². The molecule has 1 aliphatic heterocycles. The topological polar surface area (TPSA) is 148 Å². The monoisotopic (exact) mass is 436 g/mol. The van der Waals surface area contributed by atoms with Crippen LogP contribution in [0.5, 0.6) is 0 Å². The summed E-state index contributed by atoms with van der Waals surface area (Å²) in [5, 5.41) is 53.1. The molecule has 6 N–H and O–H groups in total. The molecule has 180 valence electrons. The molecule has 0 radical (unpaired) electrons. The van der Waals surface area contributed by atoms with Gasteiger partial charge in [-0.1, -0.05) is 84.0 Å². The third-order valence-corrected chi connectivity index (χ3v) is 5.36. The fourth-order valence-corrected chi connectivity index (χ4v) is 3.38. The van der Waals surface area contributed by atoms with Crippen molar-refractivity contribution >= 4 is 5.97 Å². The van der Waals surface area contributed by atoms with E-state index in [1.54, 1.807) is 0 Å². The van der Waals surface area contributed by atoms with E-state index in [1.165, 1.54) is 70.6 Å². The molecule has 1 heterocycles. The number of carboxylic acids is 1. The molecule has 1 aliphatic rings. The highest BCUT2D eigenvalue weighted by atomic mass is 16.6. The van der Waals surface area contributed by atoms with Gasteiger partial charge in [0.2, 0.25) is 0 Å². The Bertz CT molecular complexity index is 402. The summed E-state index contributed by atoms with van der Waals surface area (Å²) in [7, 11) is 0. The van der Waals surface area contributed by atoms with Crippen molar-refractivity contribution in [1.29, 1.82) is 0 Å². The second-order valence-electron chi connectivity index (χ2n) is 8.11. The zero-order valence-corrected chi connectivity index (χ0v) is 18.5. The number of rotatable bonds is 15. The van der Waals surface area contributed by atoms with Gasteiger partial charge < -0.3 is 35.4 Å². The van der Waals surface area contributed by atoms with E-state index >= 15 is 0 Å². The zero-order chi connectivity index (χ0) is 22.8. The van der Waals surface area contributed by atoms with Gasteiger partial charge in [0, 0.05) is 6.42 Å². The van der Waals surface area contributed by atoms with Crippen LogP contribution in [0.4, 0.5) is 0 Å². The molecule has 0 spiro atoms. The Kier molecular flexibility index (Phi) is 18.5. The second kappa shape index (κ2) is 19.0. The molecule has 5 atom stereocenters. The van der Waals surface area contributed by atoms with Gasteiger partial charge in [-0.25, -0.2) is 0 Å². The van der Waals surface area contributed by atoms with Crippen molar-refractivity contribution < 1.29 is 40.2 Å². The van der Waals surface area contributed by atoms with Crippen molar-refractivity contribution in [2.75, 3.05) is 6.61 Å². The van der Waals surface area contributed by atoms with E-state index in [4.69, 9.17) is 30.6 Å². The Morgan fingerprint density at radius 3 is 1.53 bits per heavy atom. The summed E-state index contributed by atoms with van der Waals surface area (Å²) in [6, 6.07) is 0. The fraction of sp³-hybridized carbons (Fsp3) is 0.955. The number of aliphatic hydroxyl groups excluding tert-OH is 5. The highest BCUT2D eigenvalue weighted by Crippen LogP contribution is 2.19. The van der Waals surface area contributed by atoms with Crippen LogP contribution in [0.3, 0.4) is 0 Å². The smallest absolute Gasteiger partial charge is 0.303 e. The maximum Gasteiger partial charge on any atom is 0.303 e. The molecule has 8 heteroatoms. The lowest BCUT2D eigenvalue weighted by Gasteiger charge is -2.37. The lowest BCUT2D eigenvalue weighted by Crippen LogP contribution is -2.58. The van der Waals surface area contributed by atoms with Gasteiger partial charge in [-0.15, -0.1) is 0 Å². The number of unbranched alkanes of at least 4 members (excludes halogenated alkanes) is 12. The van der Waals surface area contributed by atoms with E-state index < -0.39 is 43.3 Å². The van der Waals surface area contributed by atoms with E-state index in [0.29, 0.717) is 6.42 Å². The summed E-state index contributed by atoms with van der Waals surface area (Å²) in [4.78, 5) is 10.3. The minimum Gasteiger partial charge on any atom is -0.481 e. The Labute approximate surface area is 180 Å². The number of hydrogen-bond donors (Lipinski definition) is 6. The molecule has 0 aliphatic carbocycles. The molecule has 0 aromatic heterocycles. The van der Waals surface area contributed by atoms with Crippen LogP contribution in [0.1, 0.15) is 96.8 Å². The van der Waals surface area contributed by atoms with Crippen molar-refractivity contribution in [2.24, 2.45) is 0 Å². The maximum absolute atomic E-state index is 10.3. The van der Waals surface area contributed by atoms with Crippen molar-refractivity contribution in [2.45, 2.75) is 128 Å². The van der Waals surface area contributed by atoms with Gasteiger partial charge in [-0.05, 0) is 6.42 Å². The van der Waals surface area contributed by atoms with Crippen LogP contribution in [0.2, 0.25) is 0 Å². The van der Waals surface area contributed by atoms with Crippen LogP contribution in [0.25, 0.3) is 0 Å². The Morgan fingerprint density at radius 1 is 0.700 bits per heavy atom. The predicted octanol–water partition coefficient (Wildman–Crippen LogP) is 2.33. The standard InChI is InChI=1S/C16H32O2.C6H12O6/c1-2-3-4-5-6-7-8-9-10-11-12-13-14-15-16(17)18;7-1-2-3(8)4(9)5(10)6(11)12-2/h2-15H2,1H3,(H,17,18);2-11H,1H2/t;2-,3+,4+,5-,6+/m.1/s1. The predicted molar refractivity (Wildman–Crippen MR) is 114 cm³/mol. The molecule has 0 unspecified atom stereocenters. The first-order valence-corrected chi connectivity index (χ1v) is 11.6. The number of carbonyl (C=O) groups is 1. The summed E-state index contributed by atoms with van der Waals surface area (Å²) in [6.07, 6.45) is 10.2. The number of ether oxygens (including phenoxy) is 1. The van der Waals surface area contributed by atoms with Crippen LogP contribution in [-0.4, -0.2) is 73.9 Å². The zero-order valence-electron chi connectivity index (χ0n) is 18.5. The normalized spacial score (nSPS) is 26.1. The highest BCUT2D eigenvalue weighted by Gasteiger charge is 2.42. The van der Waals surface area contributed by atoms with Crippen LogP contribution in [-0.2, 0) is 9.53 Å². The van der Waals surface area contributed by atoms with Gasteiger partial charge in [0.25, 0.3) is 0 Å². The third-order valence-electron chi connectivity index (χ3n) is 5.36. The van der Waals surface area contributed by atoms with Gasteiger partial charge in [0.15, 0.2) is 6.29 Å². The van der Waals surface area contributed by atoms with Gasteiger partial charge in [0.1, 0.15) is 24.4 Å². The molecule has 1 fully saturated rings. The molecule has 0 aromatic rings. The van der Waals surface area contributed by atoms with Gasteiger partial charge in [0.05, 0.1) is 6.61 Å². The quantitative estimate of drug-likeness (QED) is 0.214. The first kappa shape index (κ1) is 29.2. The van der Waals surface area contributed by atoms with Crippen molar-refractivity contribution in [1.82, 2.24) is 0 Å². The molecule has 8 nitrogen and oxygen atoms in total. The van der Waals surface area contributed by atoms with Gasteiger partial charge >= 0.3 is 5.97 Å². The third kappa shape index (κ3) is 14.3. The van der Waals surface area contributed by atoms with Crippen LogP contribution in [0, 0.1) is 0 Å². The van der Waals surface area contributed by atoms with E-state index in [-0.39, 0.29) is 0 Å². The second-order valence-corrected chi connectivity index (χ2v) is 8.11. The molecule has 1 rings (SSSR count). The van der Waals surface area contributed by atoms with E-state index in [9.17, 15) is 4.79 Å². The number of aliphatic carboxylic acids is 1. The average Bonchev–Trinajstić information content (AvgIpc) is 2.72. The van der Waals surface area contributed by atoms with Crippen molar-refractivity contribution in [3.8, 4) is 0 Å². The SMILES string of the molecule is CCCCCCCCCCCCCCCC(=O)O.OC[C@H]1O[C@H](O)[C@H](O)[C@@H](O)[C@H]1O. The Morgan fingerprint density at radius 2 is 1.13 bits per heavy atom. The highest BCUT2D eigenvalue weighted by molar-refractivity contribution is 5.66. The van der Waals surface area contributed by atoms with Crippen LogP contribution < -0.4 is 0 Å². The number of carboxylic acid groups (broad SMARTS) is 1. The summed E-state index contributed by atoms with van der Waals surface area (Å²) >= 11 is 0. The van der Waals surface area contributed by atoms with Crippen LogP contribution >= 0.6 is 0 Å². The van der Waals surface area contributed by atoms with Gasteiger partial charge in [-0.2, -0.15) is 0 Å². The lowest BCUT2D eigenvalue weighted by molar-refractivity contribution is -0.286. The van der Waals surface area contributed by atoms with Crippen molar-refractivity contribution in [3.05, 3.63) is 0 Å². The molecular formula is C22H44O8. The average molecular weight is 437 g/mol. The van der Waals surface area contributed by atoms with E-state index in [1.807, 2.05) is 0 Å². The van der Waals surface area contributed by atoms with E-state index in [0.717, 1.165) is 12.8 Å². The summed E-state index contributed by atoms with van der Waals surface area (Å²) in [5.74, 6) is -0.655. The molecule has 0 amide bonds. The molecule has 0 aromatic carbocycles. The lowest BCUT2D eigenvalue weighted by atomic mass is 10.00. The van der Waals surface area contributed by atoms with Crippen molar-refractivity contribution in [3.63, 3.8) is 0 Å². The first-order valence-electron chi connectivity index (χ1n) is 11.6. The fourth-order valence-electron chi connectivity index (χ4n) is 3.38. The maximum atomic E-state index is 10.3. The number of aliphatic hydroxyl groups is 5. The first-order chi connectivity index (χ1) is 14.3.